The van der Waals surface area contributed by atoms with Gasteiger partial charge in [0.15, 0.2) is 8.32 Å². The molecule has 0 amide bonds. The second kappa shape index (κ2) is 7.82. The molecular weight excluding hydrogens is 376 g/mol. The molecule has 0 heterocycles. The Morgan fingerprint density at radius 3 is 2.19 bits per heavy atom. The minimum absolute atomic E-state index is 0.0538. The van der Waals surface area contributed by atoms with Crippen molar-refractivity contribution >= 4 is 18.2 Å². The number of sulfone groups is 1. The van der Waals surface area contributed by atoms with Gasteiger partial charge in [-0.15, -0.1) is 0 Å². The molecule has 4 atom stereocenters. The highest BCUT2D eigenvalue weighted by molar-refractivity contribution is 7.95. The Kier molecular flexibility index (Phi) is 6.47. The molecule has 1 aromatic rings. The summed E-state index contributed by atoms with van der Waals surface area (Å²) in [6.45, 7) is 14.7. The molecule has 27 heavy (non-hydrogen) atoms. The minimum Gasteiger partial charge on any atom is -0.413 e. The molecule has 152 valence electrons. The van der Waals surface area contributed by atoms with Gasteiger partial charge in [0.25, 0.3) is 0 Å². The van der Waals surface area contributed by atoms with Crippen molar-refractivity contribution in [3.8, 4) is 0 Å². The molecule has 0 aromatic heterocycles. The van der Waals surface area contributed by atoms with E-state index in [2.05, 4.69) is 33.9 Å². The molecule has 0 bridgehead atoms. The van der Waals surface area contributed by atoms with Gasteiger partial charge in [0.1, 0.15) is 0 Å². The predicted molar refractivity (Wildman–Crippen MR) is 113 cm³/mol. The summed E-state index contributed by atoms with van der Waals surface area (Å²) in [7, 11) is -5.66. The number of hydrogen-bond acceptors (Lipinski definition) is 4. The molecule has 1 aliphatic rings. The van der Waals surface area contributed by atoms with Crippen molar-refractivity contribution < 1.29 is 18.0 Å². The largest absolute Gasteiger partial charge is 0.413 e. The first-order valence-corrected chi connectivity index (χ1v) is 14.0. The second-order valence-electron chi connectivity index (χ2n) is 9.21. The Morgan fingerprint density at radius 1 is 1.11 bits per heavy atom. The third-order valence-corrected chi connectivity index (χ3v) is 12.8. The molecule has 0 fully saturated rings. The van der Waals surface area contributed by atoms with Gasteiger partial charge in [-0.1, -0.05) is 58.9 Å². The van der Waals surface area contributed by atoms with Crippen LogP contribution >= 0.6 is 0 Å². The highest BCUT2D eigenvalue weighted by Gasteiger charge is 2.43. The van der Waals surface area contributed by atoms with Crippen LogP contribution in [-0.2, 0) is 14.3 Å². The van der Waals surface area contributed by atoms with Crippen molar-refractivity contribution in [3.05, 3.63) is 41.3 Å². The first-order chi connectivity index (χ1) is 12.3. The van der Waals surface area contributed by atoms with Crippen LogP contribution in [0.2, 0.25) is 18.1 Å². The lowest BCUT2D eigenvalue weighted by Gasteiger charge is -2.41. The van der Waals surface area contributed by atoms with Crippen LogP contribution < -0.4 is 0 Å². The SMILES string of the molecule is C[C@H]1[C@H](O)[C@@H](C)C(S(=O)(=O)c2ccccc2)=CC[C@H]1O[Si](C)(C)C(C)(C)C. The van der Waals surface area contributed by atoms with E-state index in [4.69, 9.17) is 4.43 Å². The normalized spacial score (nSPS) is 27.8. The van der Waals surface area contributed by atoms with E-state index in [1.54, 1.807) is 43.3 Å². The molecule has 0 spiro atoms. The van der Waals surface area contributed by atoms with Gasteiger partial charge in [-0.3, -0.25) is 0 Å². The smallest absolute Gasteiger partial charge is 0.202 e. The molecule has 1 N–H and O–H groups in total. The molecule has 1 aliphatic carbocycles. The summed E-state index contributed by atoms with van der Waals surface area (Å²) in [6.07, 6.45) is 1.31. The summed E-state index contributed by atoms with van der Waals surface area (Å²) < 4.78 is 32.8. The average molecular weight is 411 g/mol. The van der Waals surface area contributed by atoms with E-state index in [0.29, 0.717) is 11.3 Å². The third kappa shape index (κ3) is 4.55. The average Bonchev–Trinajstić information content (AvgIpc) is 2.67. The highest BCUT2D eigenvalue weighted by atomic mass is 32.2. The van der Waals surface area contributed by atoms with Gasteiger partial charge in [0, 0.05) is 11.8 Å². The van der Waals surface area contributed by atoms with Crippen LogP contribution in [0.15, 0.2) is 46.2 Å². The number of aliphatic hydroxyl groups excluding tert-OH is 1. The maximum Gasteiger partial charge on any atom is 0.202 e. The van der Waals surface area contributed by atoms with E-state index in [0.717, 1.165) is 0 Å². The van der Waals surface area contributed by atoms with Crippen molar-refractivity contribution in [2.45, 2.75) is 76.3 Å². The fourth-order valence-electron chi connectivity index (χ4n) is 3.28. The lowest BCUT2D eigenvalue weighted by atomic mass is 9.91. The fourth-order valence-corrected chi connectivity index (χ4v) is 6.43. The quantitative estimate of drug-likeness (QED) is 0.726. The van der Waals surface area contributed by atoms with Crippen LogP contribution in [0.1, 0.15) is 41.0 Å². The monoisotopic (exact) mass is 410 g/mol. The van der Waals surface area contributed by atoms with Crippen molar-refractivity contribution in [1.29, 1.82) is 0 Å². The molecule has 0 saturated heterocycles. The summed E-state index contributed by atoms with van der Waals surface area (Å²) in [5, 5.41) is 11.0. The van der Waals surface area contributed by atoms with Crippen LogP contribution in [0, 0.1) is 11.8 Å². The first-order valence-electron chi connectivity index (χ1n) is 9.65. The highest BCUT2D eigenvalue weighted by Crippen LogP contribution is 2.41. The van der Waals surface area contributed by atoms with Gasteiger partial charge in [-0.25, -0.2) is 8.42 Å². The Hall–Kier alpha value is -0.953. The van der Waals surface area contributed by atoms with E-state index in [9.17, 15) is 13.5 Å². The first kappa shape index (κ1) is 22.3. The van der Waals surface area contributed by atoms with Gasteiger partial charge in [0.2, 0.25) is 9.84 Å². The van der Waals surface area contributed by atoms with E-state index in [1.807, 2.05) is 6.92 Å². The molecular formula is C21H34O4SSi. The van der Waals surface area contributed by atoms with Gasteiger partial charge < -0.3 is 9.53 Å². The van der Waals surface area contributed by atoms with Crippen LogP contribution in [0.3, 0.4) is 0 Å². The van der Waals surface area contributed by atoms with Gasteiger partial charge in [-0.05, 0) is 36.7 Å². The summed E-state index contributed by atoms with van der Waals surface area (Å²) in [5.74, 6) is -0.618. The summed E-state index contributed by atoms with van der Waals surface area (Å²) in [4.78, 5) is 0.570. The standard InChI is InChI=1S/C21H34O4SSi/c1-15-18(25-27(6,7)21(3,4)5)13-14-19(16(2)20(15)22)26(23,24)17-11-9-8-10-12-17/h8-12,14-16,18,20,22H,13H2,1-7H3/t15-,16+,18-,20+/m1/s1. The van der Waals surface area contributed by atoms with Crippen molar-refractivity contribution in [1.82, 2.24) is 0 Å². The Morgan fingerprint density at radius 2 is 1.67 bits per heavy atom. The van der Waals surface area contributed by atoms with E-state index < -0.39 is 30.2 Å². The minimum atomic E-state index is -3.63. The summed E-state index contributed by atoms with van der Waals surface area (Å²) in [6, 6.07) is 8.44. The fraction of sp³-hybridized carbons (Fsp3) is 0.619. The Labute approximate surface area is 165 Å². The maximum absolute atomic E-state index is 13.1. The van der Waals surface area contributed by atoms with E-state index >= 15 is 0 Å². The van der Waals surface area contributed by atoms with Crippen LogP contribution in [0.5, 0.6) is 0 Å². The van der Waals surface area contributed by atoms with Crippen molar-refractivity contribution in [2.75, 3.05) is 0 Å². The number of rotatable bonds is 4. The summed E-state index contributed by atoms with van der Waals surface area (Å²) in [5.41, 5.74) is 0. The van der Waals surface area contributed by atoms with Gasteiger partial charge in [0.05, 0.1) is 22.0 Å². The summed E-state index contributed by atoms with van der Waals surface area (Å²) >= 11 is 0. The van der Waals surface area contributed by atoms with Crippen LogP contribution in [0.25, 0.3) is 0 Å². The Balaban J connectivity index is 2.39. The predicted octanol–water partition coefficient (Wildman–Crippen LogP) is 4.77. The molecule has 0 aliphatic heterocycles. The molecule has 0 unspecified atom stereocenters. The molecule has 2 rings (SSSR count). The molecule has 6 heteroatoms. The molecule has 0 saturated carbocycles. The van der Waals surface area contributed by atoms with Crippen molar-refractivity contribution in [2.24, 2.45) is 11.8 Å². The zero-order valence-electron chi connectivity index (χ0n) is 17.6. The number of hydrogen-bond donors (Lipinski definition) is 1. The van der Waals surface area contributed by atoms with Crippen LogP contribution in [0.4, 0.5) is 0 Å². The number of aliphatic hydroxyl groups is 1. The molecule has 4 nitrogen and oxygen atoms in total. The van der Waals surface area contributed by atoms with E-state index in [1.165, 1.54) is 0 Å². The maximum atomic E-state index is 13.1. The molecule has 1 aromatic carbocycles. The van der Waals surface area contributed by atoms with Gasteiger partial charge >= 0.3 is 0 Å². The molecule has 0 radical (unpaired) electrons. The zero-order chi connectivity index (χ0) is 20.6. The van der Waals surface area contributed by atoms with Gasteiger partial charge in [-0.2, -0.15) is 0 Å². The number of benzene rings is 1. The lowest BCUT2D eigenvalue weighted by Crippen LogP contribution is -2.47. The lowest BCUT2D eigenvalue weighted by molar-refractivity contribution is 0.0149. The van der Waals surface area contributed by atoms with Crippen LogP contribution in [-0.4, -0.2) is 34.0 Å². The topological polar surface area (TPSA) is 63.6 Å². The second-order valence-corrected chi connectivity index (χ2v) is 15.9. The third-order valence-electron chi connectivity index (χ3n) is 6.25. The van der Waals surface area contributed by atoms with Crippen molar-refractivity contribution in [3.63, 3.8) is 0 Å². The Bertz CT molecular complexity index is 778. The van der Waals surface area contributed by atoms with E-state index in [-0.39, 0.29) is 22.0 Å². The zero-order valence-corrected chi connectivity index (χ0v) is 19.4.